The molecule has 19 heavy (non-hydrogen) atoms. The maximum absolute atomic E-state index is 12.9. The van der Waals surface area contributed by atoms with Gasteiger partial charge in [-0.2, -0.15) is 0 Å². The molecule has 0 aromatic heterocycles. The number of carboxylic acids is 1. The molecule has 0 bridgehead atoms. The second kappa shape index (κ2) is 6.66. The first-order valence-electron chi connectivity index (χ1n) is 5.24. The molecule has 0 saturated carbocycles. The number of amides is 2. The molecule has 0 heterocycles. The number of anilines is 1. The fraction of sp³-hybridized carbons (Fsp3) is 0.273. The monoisotopic (exact) mass is 382 g/mol. The van der Waals surface area contributed by atoms with Crippen LogP contribution in [0.15, 0.2) is 18.2 Å². The molecule has 8 heteroatoms. The lowest BCUT2D eigenvalue weighted by atomic mass is 10.2. The van der Waals surface area contributed by atoms with E-state index in [0.29, 0.717) is 9.26 Å². The Labute approximate surface area is 122 Å². The van der Waals surface area contributed by atoms with Crippen LogP contribution in [0.1, 0.15) is 6.92 Å². The van der Waals surface area contributed by atoms with Crippen molar-refractivity contribution in [3.63, 3.8) is 0 Å². The lowest BCUT2D eigenvalue weighted by molar-refractivity contribution is -0.141. The Bertz CT molecular complexity index is 496. The molecule has 0 spiro atoms. The number of hydrogen-bond acceptors (Lipinski definition) is 3. The van der Waals surface area contributed by atoms with E-state index in [1.807, 2.05) is 22.6 Å². The van der Waals surface area contributed by atoms with Crippen molar-refractivity contribution in [2.24, 2.45) is 0 Å². The Hall–Kier alpha value is -1.42. The van der Waals surface area contributed by atoms with Crippen LogP contribution in [0.3, 0.4) is 0 Å². The first-order chi connectivity index (χ1) is 8.81. The van der Waals surface area contributed by atoms with Gasteiger partial charge < -0.3 is 20.8 Å². The molecule has 0 radical (unpaired) electrons. The molecule has 0 aliphatic rings. The summed E-state index contributed by atoms with van der Waals surface area (Å²) in [6.45, 7) is 1.25. The standard InChI is InChI=1S/C11H12FIN2O4/c1-5(16)9(10(17)18)15-11(19)14-8-3-2-6(12)4-7(8)13/h2-5,9,16H,1H3,(H,17,18)(H2,14,15,19)/t5-,9+/m1/s1. The van der Waals surface area contributed by atoms with Crippen molar-refractivity contribution in [3.05, 3.63) is 27.6 Å². The summed E-state index contributed by atoms with van der Waals surface area (Å²) in [6, 6.07) is 1.53. The van der Waals surface area contributed by atoms with E-state index in [4.69, 9.17) is 5.11 Å². The van der Waals surface area contributed by atoms with Gasteiger partial charge >= 0.3 is 12.0 Å². The summed E-state index contributed by atoms with van der Waals surface area (Å²) in [5.41, 5.74) is 0.342. The van der Waals surface area contributed by atoms with Gasteiger partial charge in [0.15, 0.2) is 6.04 Å². The van der Waals surface area contributed by atoms with Crippen molar-refractivity contribution in [1.29, 1.82) is 0 Å². The lowest BCUT2D eigenvalue weighted by Crippen LogP contribution is -2.49. The van der Waals surface area contributed by atoms with Crippen LogP contribution < -0.4 is 10.6 Å². The molecule has 0 saturated heterocycles. The maximum Gasteiger partial charge on any atom is 0.328 e. The van der Waals surface area contributed by atoms with Gasteiger partial charge in [0, 0.05) is 3.57 Å². The third-order valence-corrected chi connectivity index (χ3v) is 3.11. The van der Waals surface area contributed by atoms with Gasteiger partial charge in [-0.1, -0.05) is 0 Å². The number of hydrogen-bond donors (Lipinski definition) is 4. The zero-order chi connectivity index (χ0) is 14.6. The number of carbonyl (C=O) groups excluding carboxylic acids is 1. The molecule has 0 aliphatic carbocycles. The minimum Gasteiger partial charge on any atom is -0.480 e. The van der Waals surface area contributed by atoms with Gasteiger partial charge in [-0.25, -0.2) is 14.0 Å². The average Bonchev–Trinajstić information content (AvgIpc) is 2.29. The minimum atomic E-state index is -1.42. The predicted molar refractivity (Wildman–Crippen MR) is 74.4 cm³/mol. The van der Waals surface area contributed by atoms with Gasteiger partial charge in [0.1, 0.15) is 5.82 Å². The number of halogens is 2. The summed E-state index contributed by atoms with van der Waals surface area (Å²) in [6.07, 6.45) is -1.24. The molecule has 1 aromatic rings. The molecule has 6 nitrogen and oxygen atoms in total. The molecule has 1 rings (SSSR count). The van der Waals surface area contributed by atoms with Crippen LogP contribution in [-0.2, 0) is 4.79 Å². The highest BCUT2D eigenvalue weighted by molar-refractivity contribution is 14.1. The van der Waals surface area contributed by atoms with Crippen LogP contribution in [0.5, 0.6) is 0 Å². The highest BCUT2D eigenvalue weighted by atomic mass is 127. The SMILES string of the molecule is C[C@@H](O)[C@H](NC(=O)Nc1ccc(F)cc1I)C(=O)O. The normalized spacial score (nSPS) is 13.5. The predicted octanol–water partition coefficient (Wildman–Crippen LogP) is 1.39. The van der Waals surface area contributed by atoms with Crippen LogP contribution in [0, 0.1) is 9.39 Å². The Balaban J connectivity index is 2.72. The first-order valence-corrected chi connectivity index (χ1v) is 6.32. The van der Waals surface area contributed by atoms with Crippen molar-refractivity contribution >= 4 is 40.3 Å². The van der Waals surface area contributed by atoms with E-state index >= 15 is 0 Å². The molecular weight excluding hydrogens is 370 g/mol. The summed E-state index contributed by atoms with van der Waals surface area (Å²) in [7, 11) is 0. The van der Waals surface area contributed by atoms with E-state index in [9.17, 15) is 19.1 Å². The van der Waals surface area contributed by atoms with E-state index in [-0.39, 0.29) is 0 Å². The Morgan fingerprint density at radius 2 is 2.05 bits per heavy atom. The van der Waals surface area contributed by atoms with Crippen molar-refractivity contribution in [1.82, 2.24) is 5.32 Å². The molecule has 4 N–H and O–H groups in total. The van der Waals surface area contributed by atoms with Crippen LogP contribution in [0.25, 0.3) is 0 Å². The van der Waals surface area contributed by atoms with Crippen molar-refractivity contribution < 1.29 is 24.2 Å². The minimum absolute atomic E-state index is 0.342. The number of rotatable bonds is 4. The largest absolute Gasteiger partial charge is 0.480 e. The van der Waals surface area contributed by atoms with E-state index < -0.39 is 30.0 Å². The molecule has 0 unspecified atom stereocenters. The molecular formula is C11H12FIN2O4. The molecule has 0 fully saturated rings. The van der Waals surface area contributed by atoms with Crippen LogP contribution in [-0.4, -0.2) is 34.4 Å². The third kappa shape index (κ3) is 4.63. The van der Waals surface area contributed by atoms with Crippen molar-refractivity contribution in [2.75, 3.05) is 5.32 Å². The molecule has 2 amide bonds. The van der Waals surface area contributed by atoms with Gasteiger partial charge in [-0.15, -0.1) is 0 Å². The Morgan fingerprint density at radius 1 is 1.42 bits per heavy atom. The number of carboxylic acid groups (broad SMARTS) is 1. The number of urea groups is 1. The van der Waals surface area contributed by atoms with E-state index in [1.54, 1.807) is 0 Å². The number of benzene rings is 1. The first kappa shape index (κ1) is 15.6. The van der Waals surface area contributed by atoms with Gasteiger partial charge in [0.25, 0.3) is 0 Å². The quantitative estimate of drug-likeness (QED) is 0.592. The zero-order valence-electron chi connectivity index (χ0n) is 9.85. The van der Waals surface area contributed by atoms with Crippen LogP contribution in [0.2, 0.25) is 0 Å². The molecule has 2 atom stereocenters. The zero-order valence-corrected chi connectivity index (χ0v) is 12.0. The highest BCUT2D eigenvalue weighted by Crippen LogP contribution is 2.18. The van der Waals surface area contributed by atoms with Crippen LogP contribution >= 0.6 is 22.6 Å². The molecule has 104 valence electrons. The van der Waals surface area contributed by atoms with Crippen molar-refractivity contribution in [2.45, 2.75) is 19.1 Å². The Kier molecular flexibility index (Phi) is 5.48. The van der Waals surface area contributed by atoms with Crippen LogP contribution in [0.4, 0.5) is 14.9 Å². The van der Waals surface area contributed by atoms with Crippen molar-refractivity contribution in [3.8, 4) is 0 Å². The fourth-order valence-electron chi connectivity index (χ4n) is 1.28. The summed E-state index contributed by atoms with van der Waals surface area (Å²) in [5.74, 6) is -1.79. The summed E-state index contributed by atoms with van der Waals surface area (Å²) in [5, 5.41) is 22.5. The topological polar surface area (TPSA) is 98.7 Å². The number of aliphatic hydroxyl groups excluding tert-OH is 1. The lowest BCUT2D eigenvalue weighted by Gasteiger charge is -2.17. The Morgan fingerprint density at radius 3 is 2.53 bits per heavy atom. The highest BCUT2D eigenvalue weighted by Gasteiger charge is 2.25. The number of nitrogens with one attached hydrogen (secondary N) is 2. The van der Waals surface area contributed by atoms with E-state index in [2.05, 4.69) is 10.6 Å². The van der Waals surface area contributed by atoms with Gasteiger partial charge in [-0.05, 0) is 47.7 Å². The van der Waals surface area contributed by atoms with Gasteiger partial charge in [-0.3, -0.25) is 0 Å². The van der Waals surface area contributed by atoms with Gasteiger partial charge in [0.2, 0.25) is 0 Å². The summed E-state index contributed by atoms with van der Waals surface area (Å²) >= 11 is 1.83. The number of aliphatic carboxylic acids is 1. The third-order valence-electron chi connectivity index (χ3n) is 2.21. The second-order valence-corrected chi connectivity index (χ2v) is 4.94. The molecule has 0 aliphatic heterocycles. The van der Waals surface area contributed by atoms with Gasteiger partial charge in [0.05, 0.1) is 11.8 Å². The summed E-state index contributed by atoms with van der Waals surface area (Å²) in [4.78, 5) is 22.4. The molecule has 1 aromatic carbocycles. The average molecular weight is 382 g/mol. The summed E-state index contributed by atoms with van der Waals surface area (Å²) < 4.78 is 13.3. The smallest absolute Gasteiger partial charge is 0.328 e. The van der Waals surface area contributed by atoms with E-state index in [1.165, 1.54) is 25.1 Å². The fourth-order valence-corrected chi connectivity index (χ4v) is 1.89. The number of aliphatic hydroxyl groups is 1. The second-order valence-electron chi connectivity index (χ2n) is 3.78. The number of carbonyl (C=O) groups is 2. The maximum atomic E-state index is 12.9. The van der Waals surface area contributed by atoms with E-state index in [0.717, 1.165) is 0 Å².